The van der Waals surface area contributed by atoms with Gasteiger partial charge in [-0.15, -0.1) is 0 Å². The first-order valence-corrected chi connectivity index (χ1v) is 26.3. The fourth-order valence-electron chi connectivity index (χ4n) is 9.70. The number of nitrogens with one attached hydrogen (secondary N) is 1. The quantitative estimate of drug-likeness (QED) is 0.0664. The molecule has 9 rings (SSSR count). The number of alkyl halides is 1. The molecule has 1 unspecified atom stereocenters. The van der Waals surface area contributed by atoms with Crippen LogP contribution in [0.5, 0.6) is 11.5 Å². The lowest BCUT2D eigenvalue weighted by Crippen LogP contribution is -2.33. The third kappa shape index (κ3) is 13.4. The first kappa shape index (κ1) is 57.8. The van der Waals surface area contributed by atoms with Gasteiger partial charge < -0.3 is 48.7 Å². The standard InChI is InChI=1S/C29H31ClFN3O4.C22H25ClFN3O4.C3H4Cl2O2/c1-32(15-18-6-4-3-5-7-18)17-23(30)19-10-12-33(13-11-19)26-24(31)14-21-25(28(26)38-2)34(20-8-9-20)16-22(27(21)35)29(36)37;1-25-10-16(23)12-5-7-26(8-6-12)19-17(24)9-14-18(21(19)31-2)27(13-3-4-13)11-15(20(14)28)22(29)30;1-2(4)7-3(5)6/h3-7,14,16,20H,8-13,15,17H2,1-2H3,(H,36,37);9,11,13,25H,3-8,10H2,1-2H3,(H,29,30);2H,1H3. The summed E-state index contributed by atoms with van der Waals surface area (Å²) in [5.41, 5.74) is 1.38. The van der Waals surface area contributed by atoms with E-state index < -0.39 is 45.4 Å². The van der Waals surface area contributed by atoms with Gasteiger partial charge in [-0.1, -0.05) is 76.3 Å². The Bertz CT molecular complexity index is 3180. The van der Waals surface area contributed by atoms with Crippen LogP contribution in [0.3, 0.4) is 0 Å². The van der Waals surface area contributed by atoms with Crippen molar-refractivity contribution in [2.45, 2.75) is 82.5 Å². The molecule has 0 radical (unpaired) electrons. The highest BCUT2D eigenvalue weighted by atomic mass is 35.5. The summed E-state index contributed by atoms with van der Waals surface area (Å²) in [6, 6.07) is 12.7. The number of methoxy groups -OCH3 is 2. The lowest BCUT2D eigenvalue weighted by atomic mass is 10.0. The summed E-state index contributed by atoms with van der Waals surface area (Å²) in [5.74, 6) is -3.31. The minimum Gasteiger partial charge on any atom is -0.492 e. The molecule has 16 nitrogen and oxygen atoms in total. The van der Waals surface area contributed by atoms with Crippen molar-refractivity contribution in [3.05, 3.63) is 125 Å². The molecule has 3 N–H and O–H groups in total. The minimum absolute atomic E-state index is 0.0250. The Labute approximate surface area is 457 Å². The SMILES string of the molecule is CC(Cl)OC(=O)Cl.CNCC(Cl)=C1CCN(c2c(F)cc3c(=O)c(C(=O)O)cn(C4CC4)c3c2OC)CC1.COc1c(N2CCC(=C(Cl)CN(C)Cc3ccccc3)CC2)c(F)cc2c(=O)c(C(=O)O)cn(C3CC3)c12. The fourth-order valence-corrected chi connectivity index (χ4v) is 10.7. The summed E-state index contributed by atoms with van der Waals surface area (Å²) >= 11 is 23.0. The molecule has 5 aromatic rings. The van der Waals surface area contributed by atoms with Crippen LogP contribution in [0.1, 0.15) is 96.7 Å². The van der Waals surface area contributed by atoms with Gasteiger partial charge in [-0.3, -0.25) is 14.5 Å². The summed E-state index contributed by atoms with van der Waals surface area (Å²) in [6.45, 7) is 5.76. The Morgan fingerprint density at radius 3 is 1.50 bits per heavy atom. The zero-order valence-corrected chi connectivity index (χ0v) is 45.7. The van der Waals surface area contributed by atoms with E-state index in [-0.39, 0.29) is 45.5 Å². The largest absolute Gasteiger partial charge is 0.492 e. The Balaban J connectivity index is 0.000000200. The zero-order valence-electron chi connectivity index (χ0n) is 42.7. The van der Waals surface area contributed by atoms with Gasteiger partial charge in [-0.25, -0.2) is 23.2 Å². The van der Waals surface area contributed by atoms with Crippen molar-refractivity contribution in [3.8, 4) is 11.5 Å². The molecule has 4 aliphatic rings. The number of piperidine rings is 2. The van der Waals surface area contributed by atoms with E-state index in [1.165, 1.54) is 39.1 Å². The Hall–Kier alpha value is -5.89. The van der Waals surface area contributed by atoms with Crippen molar-refractivity contribution < 1.29 is 47.6 Å². The summed E-state index contributed by atoms with van der Waals surface area (Å²) < 4.78 is 50.0. The molecule has 76 heavy (non-hydrogen) atoms. The van der Waals surface area contributed by atoms with Gasteiger partial charge >= 0.3 is 17.4 Å². The number of nitrogens with zero attached hydrogens (tertiary/aromatic N) is 5. The fraction of sp³-hybridized carbons (Fsp3) is 0.426. The number of aromatic nitrogens is 2. The smallest absolute Gasteiger partial charge is 0.405 e. The van der Waals surface area contributed by atoms with Crippen molar-refractivity contribution in [2.24, 2.45) is 0 Å². The lowest BCUT2D eigenvalue weighted by molar-refractivity contribution is 0.0684. The van der Waals surface area contributed by atoms with Crippen LogP contribution < -0.4 is 35.4 Å². The molecular formula is C54H60Cl4F2N6O10. The molecule has 2 aromatic heterocycles. The number of likely N-dealkylation sites (N-methyl/N-ethyl adjacent to an activating group) is 2. The molecular weight excluding hydrogens is 1070 g/mol. The monoisotopic (exact) mass is 1130 g/mol. The zero-order chi connectivity index (χ0) is 55.1. The van der Waals surface area contributed by atoms with Gasteiger partial charge in [-0.05, 0) is 90.1 Å². The molecule has 2 saturated heterocycles. The van der Waals surface area contributed by atoms with E-state index in [2.05, 4.69) is 27.1 Å². The second-order valence-corrected chi connectivity index (χ2v) is 20.8. The third-order valence-electron chi connectivity index (χ3n) is 13.6. The average Bonchev–Trinajstić information content (AvgIpc) is 4.36. The normalized spacial score (nSPS) is 15.9. The maximum absolute atomic E-state index is 15.6. The highest BCUT2D eigenvalue weighted by Gasteiger charge is 2.34. The van der Waals surface area contributed by atoms with Crippen molar-refractivity contribution >= 4 is 97.0 Å². The molecule has 2 saturated carbocycles. The number of carbonyl (C=O) groups excluding carboxylic acids is 1. The highest BCUT2D eigenvalue weighted by molar-refractivity contribution is 6.61. The summed E-state index contributed by atoms with van der Waals surface area (Å²) in [5, 5.41) is 23.7. The van der Waals surface area contributed by atoms with Crippen LogP contribution in [-0.4, -0.2) is 115 Å². The Kier molecular flexibility index (Phi) is 19.4. The first-order valence-electron chi connectivity index (χ1n) is 24.7. The molecule has 1 atom stereocenters. The van der Waals surface area contributed by atoms with E-state index in [9.17, 15) is 34.2 Å². The van der Waals surface area contributed by atoms with Crippen LogP contribution in [0.4, 0.5) is 25.0 Å². The number of carbonyl (C=O) groups is 3. The molecule has 0 bridgehead atoms. The molecule has 0 spiro atoms. The number of ether oxygens (including phenoxy) is 3. The van der Waals surface area contributed by atoms with Gasteiger partial charge in [0.05, 0.1) is 36.0 Å². The summed E-state index contributed by atoms with van der Waals surface area (Å²) in [7, 11) is 6.78. The van der Waals surface area contributed by atoms with E-state index in [0.29, 0.717) is 87.4 Å². The van der Waals surface area contributed by atoms with Crippen LogP contribution in [0, 0.1) is 11.6 Å². The molecule has 22 heteroatoms. The Morgan fingerprint density at radius 1 is 0.737 bits per heavy atom. The van der Waals surface area contributed by atoms with Crippen molar-refractivity contribution in [1.29, 1.82) is 0 Å². The van der Waals surface area contributed by atoms with Gasteiger partial charge in [0.2, 0.25) is 10.9 Å². The van der Waals surface area contributed by atoms with Gasteiger partial charge in [0.15, 0.2) is 28.7 Å². The predicted octanol–water partition coefficient (Wildman–Crippen LogP) is 10.8. The number of hydrogen-bond donors (Lipinski definition) is 3. The molecule has 3 aromatic carbocycles. The number of halogens is 6. The van der Waals surface area contributed by atoms with Crippen molar-refractivity contribution in [1.82, 2.24) is 19.4 Å². The van der Waals surface area contributed by atoms with Crippen LogP contribution in [0.25, 0.3) is 21.8 Å². The second kappa shape index (κ2) is 25.5. The number of aromatic carboxylic acids is 2. The van der Waals surface area contributed by atoms with Gasteiger partial charge in [0.25, 0.3) is 0 Å². The second-order valence-electron chi connectivity index (χ2n) is 19.0. The van der Waals surface area contributed by atoms with E-state index >= 15 is 8.78 Å². The van der Waals surface area contributed by atoms with E-state index in [1.54, 1.807) is 9.13 Å². The number of anilines is 2. The predicted molar refractivity (Wildman–Crippen MR) is 293 cm³/mol. The number of carboxylic acids is 2. The topological polar surface area (TPSA) is 185 Å². The van der Waals surface area contributed by atoms with E-state index in [0.717, 1.165) is 65.6 Å². The maximum atomic E-state index is 15.6. The number of benzene rings is 3. The molecule has 4 fully saturated rings. The van der Waals surface area contributed by atoms with Crippen molar-refractivity contribution in [2.75, 3.05) is 77.4 Å². The number of hydrogen-bond acceptors (Lipinski definition) is 12. The number of fused-ring (bicyclic) bond motifs is 2. The molecule has 0 amide bonds. The highest BCUT2D eigenvalue weighted by Crippen LogP contribution is 2.46. The van der Waals surface area contributed by atoms with E-state index in [1.807, 2.05) is 42.1 Å². The van der Waals surface area contributed by atoms with Crippen LogP contribution in [0.2, 0.25) is 0 Å². The number of carboxylic acid groups (broad SMARTS) is 2. The average molecular weight is 1130 g/mol. The Morgan fingerprint density at radius 2 is 1.16 bits per heavy atom. The van der Waals surface area contributed by atoms with Crippen LogP contribution in [0.15, 0.2) is 85.7 Å². The van der Waals surface area contributed by atoms with Crippen molar-refractivity contribution in [3.63, 3.8) is 0 Å². The third-order valence-corrected chi connectivity index (χ3v) is 14.5. The molecule has 2 aliphatic heterocycles. The summed E-state index contributed by atoms with van der Waals surface area (Å²) in [4.78, 5) is 64.7. The first-order chi connectivity index (χ1) is 36.3. The van der Waals surface area contributed by atoms with Gasteiger partial charge in [0, 0.05) is 92.0 Å². The number of rotatable bonds is 15. The molecule has 408 valence electrons. The number of pyridine rings is 2. The van der Waals surface area contributed by atoms with Crippen LogP contribution >= 0.6 is 46.4 Å². The minimum atomic E-state index is -1.32. The lowest BCUT2D eigenvalue weighted by Gasteiger charge is -2.33. The molecule has 4 heterocycles. The van der Waals surface area contributed by atoms with E-state index in [4.69, 9.17) is 55.9 Å². The maximum Gasteiger partial charge on any atom is 0.405 e. The van der Waals surface area contributed by atoms with Crippen LogP contribution in [-0.2, 0) is 11.3 Å². The van der Waals surface area contributed by atoms with Gasteiger partial charge in [-0.2, -0.15) is 0 Å². The molecule has 2 aliphatic carbocycles. The summed E-state index contributed by atoms with van der Waals surface area (Å²) in [6.07, 6.45) is 8.98. The van der Waals surface area contributed by atoms with Gasteiger partial charge in [0.1, 0.15) is 22.5 Å².